The van der Waals surface area contributed by atoms with Crippen molar-refractivity contribution in [2.75, 3.05) is 30.4 Å². The molecule has 0 saturated heterocycles. The molecule has 1 atom stereocenters. The van der Waals surface area contributed by atoms with E-state index in [2.05, 4.69) is 31.3 Å². The summed E-state index contributed by atoms with van der Waals surface area (Å²) in [6, 6.07) is 2.20. The first-order valence-electron chi connectivity index (χ1n) is 6.73. The van der Waals surface area contributed by atoms with Gasteiger partial charge in [0, 0.05) is 32.5 Å². The number of nitrogens with one attached hydrogen (secondary N) is 1. The fraction of sp³-hybridized carbons (Fsp3) is 0.462. The zero-order chi connectivity index (χ0) is 15.2. The molecule has 0 aliphatic heterocycles. The van der Waals surface area contributed by atoms with Gasteiger partial charge in [0.2, 0.25) is 17.8 Å². The molecule has 0 aromatic carbocycles. The Morgan fingerprint density at radius 1 is 1.43 bits per heavy atom. The van der Waals surface area contributed by atoms with Gasteiger partial charge in [0.1, 0.15) is 6.33 Å². The molecular formula is C13H18N8. The van der Waals surface area contributed by atoms with E-state index in [-0.39, 0.29) is 5.92 Å². The van der Waals surface area contributed by atoms with Gasteiger partial charge in [0.25, 0.3) is 0 Å². The van der Waals surface area contributed by atoms with Gasteiger partial charge >= 0.3 is 0 Å². The van der Waals surface area contributed by atoms with Crippen molar-refractivity contribution in [1.29, 1.82) is 5.26 Å². The number of anilines is 2. The van der Waals surface area contributed by atoms with Crippen LogP contribution in [0.1, 0.15) is 13.8 Å². The Kier molecular flexibility index (Phi) is 4.66. The van der Waals surface area contributed by atoms with Crippen LogP contribution in [0.3, 0.4) is 0 Å². The second-order valence-corrected chi connectivity index (χ2v) is 4.67. The molecule has 0 aliphatic carbocycles. The molecule has 110 valence electrons. The van der Waals surface area contributed by atoms with Crippen molar-refractivity contribution in [3.63, 3.8) is 0 Å². The van der Waals surface area contributed by atoms with E-state index in [0.29, 0.717) is 30.9 Å². The maximum atomic E-state index is 8.92. The smallest absolute Gasteiger partial charge is 0.241 e. The fourth-order valence-corrected chi connectivity index (χ4v) is 1.79. The molecule has 0 amide bonds. The lowest BCUT2D eigenvalue weighted by atomic mass is 10.2. The molecule has 1 unspecified atom stereocenters. The Balaban J connectivity index is 2.34. The molecule has 8 nitrogen and oxygen atoms in total. The molecule has 2 heterocycles. The molecule has 2 aromatic rings. The summed E-state index contributed by atoms with van der Waals surface area (Å²) in [5.74, 6) is 1.41. The number of aromatic nitrogens is 5. The molecule has 0 fully saturated rings. The first-order valence-corrected chi connectivity index (χ1v) is 6.73. The van der Waals surface area contributed by atoms with Crippen LogP contribution in [0.5, 0.6) is 0 Å². The molecular weight excluding hydrogens is 268 g/mol. The van der Waals surface area contributed by atoms with Gasteiger partial charge in [0.05, 0.1) is 12.0 Å². The summed E-state index contributed by atoms with van der Waals surface area (Å²) in [6.45, 7) is 5.10. The molecule has 0 spiro atoms. The SMILES string of the molecule is CCNc1nc(N(C)CC(C)C#N)nc(-n2ccnc2)n1. The minimum Gasteiger partial charge on any atom is -0.354 e. The van der Waals surface area contributed by atoms with Crippen molar-refractivity contribution in [2.45, 2.75) is 13.8 Å². The molecule has 0 bridgehead atoms. The standard InChI is InChI=1S/C13H18N8/c1-4-16-11-17-12(20(3)8-10(2)7-14)19-13(18-11)21-6-5-15-9-21/h5-6,9-10H,4,8H2,1-3H3,(H,16,17,18,19). The van der Waals surface area contributed by atoms with Crippen LogP contribution >= 0.6 is 0 Å². The summed E-state index contributed by atoms with van der Waals surface area (Å²) < 4.78 is 1.72. The van der Waals surface area contributed by atoms with Crippen molar-refractivity contribution >= 4 is 11.9 Å². The predicted octanol–water partition coefficient (Wildman–Crippen LogP) is 1.08. The Morgan fingerprint density at radius 2 is 2.24 bits per heavy atom. The summed E-state index contributed by atoms with van der Waals surface area (Å²) in [4.78, 5) is 19.0. The lowest BCUT2D eigenvalue weighted by Crippen LogP contribution is -2.26. The van der Waals surface area contributed by atoms with Gasteiger partial charge in [-0.15, -0.1) is 0 Å². The average Bonchev–Trinajstić information content (AvgIpc) is 3.01. The maximum absolute atomic E-state index is 8.92. The lowest BCUT2D eigenvalue weighted by Gasteiger charge is -2.19. The highest BCUT2D eigenvalue weighted by atomic mass is 15.3. The largest absolute Gasteiger partial charge is 0.354 e. The molecule has 8 heteroatoms. The van der Waals surface area contributed by atoms with E-state index in [1.807, 2.05) is 25.8 Å². The summed E-state index contributed by atoms with van der Waals surface area (Å²) in [5, 5.41) is 12.0. The molecule has 0 saturated carbocycles. The summed E-state index contributed by atoms with van der Waals surface area (Å²) in [7, 11) is 1.86. The highest BCUT2D eigenvalue weighted by molar-refractivity contribution is 5.39. The van der Waals surface area contributed by atoms with Crippen LogP contribution in [0.4, 0.5) is 11.9 Å². The minimum absolute atomic E-state index is 0.106. The summed E-state index contributed by atoms with van der Waals surface area (Å²) in [5.41, 5.74) is 0. The van der Waals surface area contributed by atoms with Crippen LogP contribution in [-0.4, -0.2) is 44.6 Å². The minimum atomic E-state index is -0.106. The lowest BCUT2D eigenvalue weighted by molar-refractivity contribution is 0.697. The van der Waals surface area contributed by atoms with Crippen molar-refractivity contribution in [2.24, 2.45) is 5.92 Å². The van der Waals surface area contributed by atoms with E-state index in [1.165, 1.54) is 0 Å². The molecule has 2 rings (SSSR count). The van der Waals surface area contributed by atoms with Crippen LogP contribution in [0.25, 0.3) is 5.95 Å². The van der Waals surface area contributed by atoms with E-state index in [1.54, 1.807) is 23.3 Å². The van der Waals surface area contributed by atoms with E-state index in [4.69, 9.17) is 5.26 Å². The zero-order valence-electron chi connectivity index (χ0n) is 12.4. The monoisotopic (exact) mass is 286 g/mol. The quantitative estimate of drug-likeness (QED) is 0.849. The number of nitriles is 1. The molecule has 21 heavy (non-hydrogen) atoms. The van der Waals surface area contributed by atoms with E-state index < -0.39 is 0 Å². The van der Waals surface area contributed by atoms with Gasteiger partial charge in [-0.1, -0.05) is 0 Å². The third-order valence-electron chi connectivity index (χ3n) is 2.79. The third kappa shape index (κ3) is 3.66. The van der Waals surface area contributed by atoms with Crippen LogP contribution in [-0.2, 0) is 0 Å². The van der Waals surface area contributed by atoms with Crippen LogP contribution in [0, 0.1) is 17.2 Å². The molecule has 1 N–H and O–H groups in total. The average molecular weight is 286 g/mol. The van der Waals surface area contributed by atoms with Gasteiger partial charge < -0.3 is 10.2 Å². The van der Waals surface area contributed by atoms with Crippen molar-refractivity contribution in [3.05, 3.63) is 18.7 Å². The Bertz CT molecular complexity index is 616. The number of hydrogen-bond donors (Lipinski definition) is 1. The van der Waals surface area contributed by atoms with E-state index in [0.717, 1.165) is 0 Å². The molecule has 0 aliphatic rings. The van der Waals surface area contributed by atoms with Gasteiger partial charge in [-0.3, -0.25) is 4.57 Å². The molecule has 0 radical (unpaired) electrons. The van der Waals surface area contributed by atoms with Crippen molar-refractivity contribution in [1.82, 2.24) is 24.5 Å². The van der Waals surface area contributed by atoms with Gasteiger partial charge in [0.15, 0.2) is 0 Å². The topological polar surface area (TPSA) is 95.6 Å². The zero-order valence-corrected chi connectivity index (χ0v) is 12.4. The third-order valence-corrected chi connectivity index (χ3v) is 2.79. The Labute approximate surface area is 123 Å². The van der Waals surface area contributed by atoms with Gasteiger partial charge in [-0.2, -0.15) is 20.2 Å². The molecule has 2 aromatic heterocycles. The highest BCUT2D eigenvalue weighted by Gasteiger charge is 2.13. The van der Waals surface area contributed by atoms with Crippen LogP contribution in [0.2, 0.25) is 0 Å². The van der Waals surface area contributed by atoms with Crippen molar-refractivity contribution in [3.8, 4) is 12.0 Å². The number of nitrogens with zero attached hydrogens (tertiary/aromatic N) is 7. The summed E-state index contributed by atoms with van der Waals surface area (Å²) in [6.07, 6.45) is 5.07. The van der Waals surface area contributed by atoms with E-state index >= 15 is 0 Å². The fourth-order valence-electron chi connectivity index (χ4n) is 1.79. The maximum Gasteiger partial charge on any atom is 0.241 e. The summed E-state index contributed by atoms with van der Waals surface area (Å²) >= 11 is 0. The first-order chi connectivity index (χ1) is 10.1. The highest BCUT2D eigenvalue weighted by Crippen LogP contribution is 2.13. The number of rotatable bonds is 6. The van der Waals surface area contributed by atoms with Gasteiger partial charge in [-0.25, -0.2) is 4.98 Å². The number of imidazole rings is 1. The number of hydrogen-bond acceptors (Lipinski definition) is 7. The Morgan fingerprint density at radius 3 is 2.86 bits per heavy atom. The van der Waals surface area contributed by atoms with Gasteiger partial charge in [-0.05, 0) is 13.8 Å². The van der Waals surface area contributed by atoms with Crippen LogP contribution < -0.4 is 10.2 Å². The van der Waals surface area contributed by atoms with Crippen molar-refractivity contribution < 1.29 is 0 Å². The predicted molar refractivity (Wildman–Crippen MR) is 79.2 cm³/mol. The second kappa shape index (κ2) is 6.65. The van der Waals surface area contributed by atoms with Crippen LogP contribution in [0.15, 0.2) is 18.7 Å². The second-order valence-electron chi connectivity index (χ2n) is 4.67. The first kappa shape index (κ1) is 14.7. The van der Waals surface area contributed by atoms with E-state index in [9.17, 15) is 0 Å². The normalized spacial score (nSPS) is 11.7. The Hall–Kier alpha value is -2.69.